The van der Waals surface area contributed by atoms with Gasteiger partial charge in [-0.2, -0.15) is 4.72 Å². The van der Waals surface area contributed by atoms with Crippen LogP contribution in [0.4, 0.5) is 5.82 Å². The zero-order valence-electron chi connectivity index (χ0n) is 10.1. The number of hydrogen-bond acceptors (Lipinski definition) is 5. The van der Waals surface area contributed by atoms with E-state index in [1.165, 1.54) is 22.8 Å². The van der Waals surface area contributed by atoms with E-state index in [0.29, 0.717) is 13.0 Å². The minimum absolute atomic E-state index is 0.0798. The van der Waals surface area contributed by atoms with Gasteiger partial charge in [0.1, 0.15) is 6.04 Å². The Hall–Kier alpha value is -1.61. The van der Waals surface area contributed by atoms with Crippen LogP contribution in [-0.4, -0.2) is 48.4 Å². The number of likely N-dealkylation sites (tertiary alicyclic amines) is 1. The number of imidazole rings is 1. The van der Waals surface area contributed by atoms with Crippen molar-refractivity contribution in [1.82, 2.24) is 19.2 Å². The number of aromatic nitrogens is 2. The number of carbonyl (C=O) groups excluding carboxylic acids is 1. The molecule has 0 aromatic carbocycles. The van der Waals surface area contributed by atoms with E-state index in [4.69, 9.17) is 5.73 Å². The van der Waals surface area contributed by atoms with Gasteiger partial charge in [-0.05, 0) is 6.42 Å². The highest BCUT2D eigenvalue weighted by Crippen LogP contribution is 2.18. The summed E-state index contributed by atoms with van der Waals surface area (Å²) in [7, 11) is -0.678. The second kappa shape index (κ2) is 4.25. The summed E-state index contributed by atoms with van der Waals surface area (Å²) in [5.74, 6) is -0.317. The van der Waals surface area contributed by atoms with Crippen molar-refractivity contribution in [3.63, 3.8) is 0 Å². The molecular weight excluding hydrogens is 258 g/mol. The first kappa shape index (κ1) is 12.8. The number of nitrogens with one attached hydrogen (secondary N) is 1. The monoisotopic (exact) mass is 273 g/mol. The number of hydrogen-bond donors (Lipinski definition) is 2. The quantitative estimate of drug-likeness (QED) is 0.697. The van der Waals surface area contributed by atoms with Crippen molar-refractivity contribution in [3.05, 3.63) is 6.33 Å². The molecule has 2 rings (SSSR count). The van der Waals surface area contributed by atoms with Crippen molar-refractivity contribution in [2.75, 3.05) is 19.3 Å². The van der Waals surface area contributed by atoms with Crippen LogP contribution in [0.15, 0.2) is 11.4 Å². The summed E-state index contributed by atoms with van der Waals surface area (Å²) in [5.41, 5.74) is 5.52. The molecule has 3 N–H and O–H groups in total. The third-order valence-electron chi connectivity index (χ3n) is 2.89. The number of aryl methyl sites for hydroxylation is 1. The van der Waals surface area contributed by atoms with E-state index < -0.39 is 16.1 Å². The maximum Gasteiger partial charge on any atom is 0.260 e. The molecule has 0 saturated carbocycles. The average Bonchev–Trinajstić information content (AvgIpc) is 2.76. The standard InChI is InChI=1S/C9H15N5O3S/c1-13-4-3-6(8(13)15)12-18(16,17)9-7(10)11-5-14(9)2/h5-6,12H,3-4,10H2,1-2H3. The number of carbonyl (C=O) groups is 1. The largest absolute Gasteiger partial charge is 0.381 e. The van der Waals surface area contributed by atoms with Gasteiger partial charge in [0.25, 0.3) is 10.0 Å². The Bertz CT molecular complexity index is 560. The minimum Gasteiger partial charge on any atom is -0.381 e. The van der Waals surface area contributed by atoms with Gasteiger partial charge in [0.05, 0.1) is 6.33 Å². The lowest BCUT2D eigenvalue weighted by Gasteiger charge is -2.13. The minimum atomic E-state index is -3.84. The number of nitrogens with two attached hydrogens (primary N) is 1. The Morgan fingerprint density at radius 2 is 2.17 bits per heavy atom. The number of rotatable bonds is 3. The van der Waals surface area contributed by atoms with E-state index in [-0.39, 0.29) is 16.8 Å². The first-order valence-corrected chi connectivity index (χ1v) is 6.85. The van der Waals surface area contributed by atoms with E-state index in [0.717, 1.165) is 0 Å². The second-order valence-electron chi connectivity index (χ2n) is 4.27. The molecule has 0 bridgehead atoms. The molecule has 1 aromatic heterocycles. The fourth-order valence-electron chi connectivity index (χ4n) is 1.94. The molecule has 1 saturated heterocycles. The fourth-order valence-corrected chi connectivity index (χ4v) is 3.40. The molecule has 1 fully saturated rings. The van der Waals surface area contributed by atoms with Gasteiger partial charge < -0.3 is 15.2 Å². The lowest BCUT2D eigenvalue weighted by Crippen LogP contribution is -2.41. The molecule has 2 heterocycles. The van der Waals surface area contributed by atoms with Crippen LogP contribution in [0.2, 0.25) is 0 Å². The third-order valence-corrected chi connectivity index (χ3v) is 4.49. The Balaban J connectivity index is 2.26. The van der Waals surface area contributed by atoms with Crippen molar-refractivity contribution in [1.29, 1.82) is 0 Å². The fraction of sp³-hybridized carbons (Fsp3) is 0.556. The number of likely N-dealkylation sites (N-methyl/N-ethyl adjacent to an activating group) is 1. The number of nitrogens with zero attached hydrogens (tertiary/aromatic N) is 3. The van der Waals surface area contributed by atoms with E-state index in [9.17, 15) is 13.2 Å². The van der Waals surface area contributed by atoms with Crippen LogP contribution in [0.3, 0.4) is 0 Å². The summed E-state index contributed by atoms with van der Waals surface area (Å²) in [4.78, 5) is 16.9. The smallest absolute Gasteiger partial charge is 0.260 e. The van der Waals surface area contributed by atoms with Crippen LogP contribution >= 0.6 is 0 Å². The molecule has 1 amide bonds. The average molecular weight is 273 g/mol. The van der Waals surface area contributed by atoms with Gasteiger partial charge >= 0.3 is 0 Å². The van der Waals surface area contributed by atoms with Gasteiger partial charge in [-0.25, -0.2) is 13.4 Å². The lowest BCUT2D eigenvalue weighted by molar-refractivity contribution is -0.127. The normalized spacial score (nSPS) is 20.7. The molecule has 1 aliphatic rings. The highest BCUT2D eigenvalue weighted by molar-refractivity contribution is 7.89. The number of amides is 1. The van der Waals surface area contributed by atoms with Gasteiger partial charge in [0.15, 0.2) is 10.8 Å². The van der Waals surface area contributed by atoms with Gasteiger partial charge in [0.2, 0.25) is 5.91 Å². The molecule has 0 spiro atoms. The summed E-state index contributed by atoms with van der Waals surface area (Å²) < 4.78 is 27.9. The van der Waals surface area contributed by atoms with Crippen LogP contribution in [0, 0.1) is 0 Å². The number of nitrogen functional groups attached to an aromatic ring is 1. The van der Waals surface area contributed by atoms with Crippen LogP contribution < -0.4 is 10.5 Å². The Kier molecular flexibility index (Phi) is 3.03. The van der Waals surface area contributed by atoms with E-state index in [1.807, 2.05) is 0 Å². The Labute approximate surface area is 105 Å². The molecule has 100 valence electrons. The first-order valence-electron chi connectivity index (χ1n) is 5.37. The Morgan fingerprint density at radius 1 is 1.50 bits per heavy atom. The number of anilines is 1. The van der Waals surface area contributed by atoms with E-state index >= 15 is 0 Å². The van der Waals surface area contributed by atoms with Crippen LogP contribution in [0.5, 0.6) is 0 Å². The highest BCUT2D eigenvalue weighted by atomic mass is 32.2. The predicted octanol–water partition coefficient (Wildman–Crippen LogP) is -1.49. The predicted molar refractivity (Wildman–Crippen MR) is 64.0 cm³/mol. The maximum atomic E-state index is 12.1. The van der Waals surface area contributed by atoms with Crippen LogP contribution in [0.1, 0.15) is 6.42 Å². The molecule has 18 heavy (non-hydrogen) atoms. The van der Waals surface area contributed by atoms with Gasteiger partial charge in [-0.3, -0.25) is 4.79 Å². The highest BCUT2D eigenvalue weighted by Gasteiger charge is 2.34. The molecule has 8 nitrogen and oxygen atoms in total. The summed E-state index contributed by atoms with van der Waals surface area (Å²) in [6, 6.07) is -0.728. The summed E-state index contributed by atoms with van der Waals surface area (Å²) in [5, 5.41) is -0.121. The van der Waals surface area contributed by atoms with Crippen LogP contribution in [0.25, 0.3) is 0 Å². The van der Waals surface area contributed by atoms with Crippen LogP contribution in [-0.2, 0) is 21.9 Å². The summed E-state index contributed by atoms with van der Waals surface area (Å²) in [6.07, 6.45) is 1.76. The summed E-state index contributed by atoms with van der Waals surface area (Å²) >= 11 is 0. The number of sulfonamides is 1. The molecule has 1 unspecified atom stereocenters. The molecule has 0 radical (unpaired) electrons. The Morgan fingerprint density at radius 3 is 2.61 bits per heavy atom. The molecular formula is C9H15N5O3S. The van der Waals surface area contributed by atoms with Crippen molar-refractivity contribution in [3.8, 4) is 0 Å². The van der Waals surface area contributed by atoms with E-state index in [1.54, 1.807) is 7.05 Å². The lowest BCUT2D eigenvalue weighted by atomic mass is 10.3. The SMILES string of the molecule is CN1CCC(NS(=O)(=O)c2c(N)ncn2C)C1=O. The van der Waals surface area contributed by atoms with Crippen molar-refractivity contribution in [2.24, 2.45) is 7.05 Å². The zero-order valence-corrected chi connectivity index (χ0v) is 10.9. The maximum absolute atomic E-state index is 12.1. The zero-order chi connectivity index (χ0) is 13.5. The first-order chi connectivity index (χ1) is 8.33. The summed E-state index contributed by atoms with van der Waals surface area (Å²) in [6.45, 7) is 0.535. The third kappa shape index (κ3) is 2.06. The van der Waals surface area contributed by atoms with Crippen molar-refractivity contribution < 1.29 is 13.2 Å². The second-order valence-corrected chi connectivity index (χ2v) is 5.90. The van der Waals surface area contributed by atoms with Gasteiger partial charge in [-0.15, -0.1) is 0 Å². The van der Waals surface area contributed by atoms with E-state index in [2.05, 4.69) is 9.71 Å². The van der Waals surface area contributed by atoms with Gasteiger partial charge in [0, 0.05) is 20.6 Å². The molecule has 1 atom stereocenters. The van der Waals surface area contributed by atoms with Crippen molar-refractivity contribution in [2.45, 2.75) is 17.5 Å². The molecule has 1 aromatic rings. The molecule has 9 heteroatoms. The molecule has 1 aliphatic heterocycles. The topological polar surface area (TPSA) is 110 Å². The van der Waals surface area contributed by atoms with Gasteiger partial charge in [-0.1, -0.05) is 0 Å². The molecule has 0 aliphatic carbocycles. The van der Waals surface area contributed by atoms with Crippen molar-refractivity contribution >= 4 is 21.7 Å².